The second-order valence-electron chi connectivity index (χ2n) is 5.72. The van der Waals surface area contributed by atoms with Crippen LogP contribution in [0.4, 0.5) is 4.39 Å². The molecule has 0 aliphatic heterocycles. The van der Waals surface area contributed by atoms with Gasteiger partial charge in [-0.2, -0.15) is 0 Å². The van der Waals surface area contributed by atoms with Crippen molar-refractivity contribution in [3.63, 3.8) is 0 Å². The van der Waals surface area contributed by atoms with E-state index in [0.29, 0.717) is 11.1 Å². The fourth-order valence-electron chi connectivity index (χ4n) is 2.70. The molecular weight excluding hydrogens is 325 g/mol. The van der Waals surface area contributed by atoms with Crippen LogP contribution in [0.3, 0.4) is 0 Å². The summed E-state index contributed by atoms with van der Waals surface area (Å²) < 4.78 is 18.4. The Balaban J connectivity index is 2.37. The molecule has 0 fully saturated rings. The number of carboxylic acid groups (broad SMARTS) is 1. The highest BCUT2D eigenvalue weighted by molar-refractivity contribution is 5.99. The quantitative estimate of drug-likeness (QED) is 0.872. The maximum Gasteiger partial charge on any atom is 0.335 e. The zero-order valence-electron chi connectivity index (χ0n) is 14.3. The number of nitrogens with zero attached hydrogens (tertiary/aromatic N) is 1. The molecule has 1 atom stereocenters. The van der Waals surface area contributed by atoms with Gasteiger partial charge in [0.05, 0.1) is 18.2 Å². The minimum atomic E-state index is -1.08. The third-order valence-electron chi connectivity index (χ3n) is 4.16. The molecule has 0 bridgehead atoms. The van der Waals surface area contributed by atoms with Gasteiger partial charge in [-0.25, -0.2) is 9.18 Å². The predicted molar refractivity (Wildman–Crippen MR) is 91.2 cm³/mol. The largest absolute Gasteiger partial charge is 0.478 e. The molecule has 2 aromatic carbocycles. The second-order valence-corrected chi connectivity index (χ2v) is 5.72. The first-order chi connectivity index (χ1) is 11.9. The standard InChI is InChI=1S/C19H20FNO4/c1-12-15(5-4-6-16(12)19(23)24)18(22)21(2)17(11-25-3)13-7-9-14(20)10-8-13/h4-10,17H,11H2,1-3H3,(H,23,24). The number of likely N-dealkylation sites (N-methyl/N-ethyl adjacent to an activating group) is 1. The number of ether oxygens (including phenoxy) is 1. The van der Waals surface area contributed by atoms with Crippen LogP contribution in [-0.4, -0.2) is 42.6 Å². The van der Waals surface area contributed by atoms with E-state index in [4.69, 9.17) is 4.74 Å². The molecule has 0 aliphatic rings. The first-order valence-electron chi connectivity index (χ1n) is 7.71. The van der Waals surface area contributed by atoms with Gasteiger partial charge in [0.15, 0.2) is 0 Å². The van der Waals surface area contributed by atoms with Gasteiger partial charge in [0.25, 0.3) is 5.91 Å². The van der Waals surface area contributed by atoms with Gasteiger partial charge in [-0.3, -0.25) is 4.79 Å². The number of rotatable bonds is 6. The van der Waals surface area contributed by atoms with Crippen molar-refractivity contribution in [2.45, 2.75) is 13.0 Å². The van der Waals surface area contributed by atoms with Gasteiger partial charge in [0.1, 0.15) is 5.82 Å². The van der Waals surface area contributed by atoms with Crippen molar-refractivity contribution in [1.29, 1.82) is 0 Å². The fourth-order valence-corrected chi connectivity index (χ4v) is 2.70. The highest BCUT2D eigenvalue weighted by Gasteiger charge is 2.25. The number of hydrogen-bond donors (Lipinski definition) is 1. The molecule has 0 spiro atoms. The third-order valence-corrected chi connectivity index (χ3v) is 4.16. The lowest BCUT2D eigenvalue weighted by molar-refractivity contribution is 0.0601. The zero-order chi connectivity index (χ0) is 18.6. The summed E-state index contributed by atoms with van der Waals surface area (Å²) in [6, 6.07) is 10.0. The van der Waals surface area contributed by atoms with Gasteiger partial charge in [-0.1, -0.05) is 18.2 Å². The Kier molecular flexibility index (Phi) is 5.88. The SMILES string of the molecule is COCC(c1ccc(F)cc1)N(C)C(=O)c1cccc(C(=O)O)c1C. The first kappa shape index (κ1) is 18.6. The second kappa shape index (κ2) is 7.90. The van der Waals surface area contributed by atoms with Gasteiger partial charge in [0.2, 0.25) is 0 Å². The normalized spacial score (nSPS) is 11.8. The van der Waals surface area contributed by atoms with E-state index in [-0.39, 0.29) is 23.9 Å². The topological polar surface area (TPSA) is 66.8 Å². The average molecular weight is 345 g/mol. The van der Waals surface area contributed by atoms with Gasteiger partial charge in [-0.15, -0.1) is 0 Å². The number of benzene rings is 2. The Morgan fingerprint density at radius 1 is 1.16 bits per heavy atom. The molecule has 2 aromatic rings. The summed E-state index contributed by atoms with van der Waals surface area (Å²) in [5.41, 5.74) is 1.53. The van der Waals surface area contributed by atoms with E-state index in [1.54, 1.807) is 38.2 Å². The van der Waals surface area contributed by atoms with Crippen molar-refractivity contribution in [3.05, 3.63) is 70.5 Å². The van der Waals surface area contributed by atoms with Crippen LogP contribution in [0.2, 0.25) is 0 Å². The molecule has 1 amide bonds. The Labute approximate surface area is 145 Å². The van der Waals surface area contributed by atoms with E-state index in [2.05, 4.69) is 0 Å². The summed E-state index contributed by atoms with van der Waals surface area (Å²) in [6.45, 7) is 1.83. The smallest absolute Gasteiger partial charge is 0.335 e. The summed E-state index contributed by atoms with van der Waals surface area (Å²) in [5, 5.41) is 9.23. The summed E-state index contributed by atoms with van der Waals surface area (Å²) in [5.74, 6) is -1.77. The van der Waals surface area contributed by atoms with E-state index >= 15 is 0 Å². The molecule has 0 saturated heterocycles. The molecular formula is C19H20FNO4. The lowest BCUT2D eigenvalue weighted by atomic mass is 10.00. The number of carbonyl (C=O) groups is 2. The van der Waals surface area contributed by atoms with Gasteiger partial charge in [-0.05, 0) is 42.3 Å². The molecule has 0 aromatic heterocycles. The molecule has 0 heterocycles. The maximum absolute atomic E-state index is 13.2. The third kappa shape index (κ3) is 4.03. The van der Waals surface area contributed by atoms with Crippen LogP contribution in [0.1, 0.15) is 37.9 Å². The average Bonchev–Trinajstić information content (AvgIpc) is 2.59. The molecule has 1 N–H and O–H groups in total. The van der Waals surface area contributed by atoms with Crippen LogP contribution < -0.4 is 0 Å². The van der Waals surface area contributed by atoms with Crippen molar-refractivity contribution in [2.24, 2.45) is 0 Å². The van der Waals surface area contributed by atoms with Crippen molar-refractivity contribution in [1.82, 2.24) is 4.90 Å². The first-order valence-corrected chi connectivity index (χ1v) is 7.71. The molecule has 5 nitrogen and oxygen atoms in total. The van der Waals surface area contributed by atoms with Crippen molar-refractivity contribution in [3.8, 4) is 0 Å². The number of aromatic carboxylic acids is 1. The number of amides is 1. The van der Waals surface area contributed by atoms with Crippen molar-refractivity contribution >= 4 is 11.9 Å². The van der Waals surface area contributed by atoms with Gasteiger partial charge < -0.3 is 14.7 Å². The van der Waals surface area contributed by atoms with E-state index in [1.807, 2.05) is 0 Å². The molecule has 0 aliphatic carbocycles. The summed E-state index contributed by atoms with van der Waals surface area (Å²) in [6.07, 6.45) is 0. The minimum absolute atomic E-state index is 0.0873. The van der Waals surface area contributed by atoms with E-state index < -0.39 is 12.0 Å². The molecule has 0 radical (unpaired) electrons. The predicted octanol–water partition coefficient (Wildman–Crippen LogP) is 3.29. The van der Waals surface area contributed by atoms with Crippen LogP contribution >= 0.6 is 0 Å². The number of carboxylic acids is 1. The van der Waals surface area contributed by atoms with Crippen LogP contribution in [0, 0.1) is 12.7 Å². The van der Waals surface area contributed by atoms with Gasteiger partial charge >= 0.3 is 5.97 Å². The van der Waals surface area contributed by atoms with Crippen LogP contribution in [0.15, 0.2) is 42.5 Å². The molecule has 25 heavy (non-hydrogen) atoms. The van der Waals surface area contributed by atoms with E-state index in [9.17, 15) is 19.1 Å². The number of halogens is 1. The van der Waals surface area contributed by atoms with Crippen LogP contribution in [0.5, 0.6) is 0 Å². The van der Waals surface area contributed by atoms with Crippen LogP contribution in [-0.2, 0) is 4.74 Å². The molecule has 6 heteroatoms. The zero-order valence-corrected chi connectivity index (χ0v) is 14.3. The van der Waals surface area contributed by atoms with Crippen LogP contribution in [0.25, 0.3) is 0 Å². The number of hydrogen-bond acceptors (Lipinski definition) is 3. The number of methoxy groups -OCH3 is 1. The molecule has 0 saturated carbocycles. The number of carbonyl (C=O) groups excluding carboxylic acids is 1. The van der Waals surface area contributed by atoms with E-state index in [1.165, 1.54) is 30.2 Å². The minimum Gasteiger partial charge on any atom is -0.478 e. The Hall–Kier alpha value is -2.73. The molecule has 132 valence electrons. The van der Waals surface area contributed by atoms with Gasteiger partial charge in [0, 0.05) is 19.7 Å². The summed E-state index contributed by atoms with van der Waals surface area (Å²) in [4.78, 5) is 25.7. The summed E-state index contributed by atoms with van der Waals surface area (Å²) >= 11 is 0. The summed E-state index contributed by atoms with van der Waals surface area (Å²) in [7, 11) is 3.13. The highest BCUT2D eigenvalue weighted by atomic mass is 19.1. The Morgan fingerprint density at radius 2 is 1.76 bits per heavy atom. The maximum atomic E-state index is 13.2. The Bertz CT molecular complexity index is 773. The monoisotopic (exact) mass is 345 g/mol. The lowest BCUT2D eigenvalue weighted by Gasteiger charge is -2.29. The molecule has 1 unspecified atom stereocenters. The van der Waals surface area contributed by atoms with Crippen molar-refractivity contribution < 1.29 is 23.8 Å². The fraction of sp³-hybridized carbons (Fsp3) is 0.263. The van der Waals surface area contributed by atoms with E-state index in [0.717, 1.165) is 5.56 Å². The highest BCUT2D eigenvalue weighted by Crippen LogP contribution is 2.24. The molecule has 2 rings (SSSR count). The Morgan fingerprint density at radius 3 is 2.32 bits per heavy atom. The lowest BCUT2D eigenvalue weighted by Crippen LogP contribution is -2.34. The van der Waals surface area contributed by atoms with Crippen molar-refractivity contribution in [2.75, 3.05) is 20.8 Å².